The molecule has 8 nitrogen and oxygen atoms in total. The third-order valence-electron chi connectivity index (χ3n) is 8.49. The number of benzene rings is 2. The first-order valence-electron chi connectivity index (χ1n) is 14.2. The van der Waals surface area contributed by atoms with E-state index in [0.29, 0.717) is 31.1 Å². The normalized spacial score (nSPS) is 20.4. The molecular formula is C31H38F2N6O2. The molecule has 0 spiro atoms. The Kier molecular flexibility index (Phi) is 8.13. The van der Waals surface area contributed by atoms with E-state index in [2.05, 4.69) is 46.9 Å². The Labute approximate surface area is 239 Å². The van der Waals surface area contributed by atoms with Crippen molar-refractivity contribution in [2.24, 2.45) is 17.6 Å². The number of nitrogens with one attached hydrogen (secondary N) is 1. The Morgan fingerprint density at radius 3 is 2.49 bits per heavy atom. The predicted octanol–water partition coefficient (Wildman–Crippen LogP) is 4.36. The molecule has 218 valence electrons. The maximum absolute atomic E-state index is 14.9. The van der Waals surface area contributed by atoms with Gasteiger partial charge in [-0.2, -0.15) is 0 Å². The van der Waals surface area contributed by atoms with Crippen molar-refractivity contribution in [1.29, 1.82) is 0 Å². The molecule has 2 aromatic carbocycles. The lowest BCUT2D eigenvalue weighted by molar-refractivity contribution is -0.122. The fourth-order valence-electron chi connectivity index (χ4n) is 6.04. The van der Waals surface area contributed by atoms with E-state index in [-0.39, 0.29) is 23.3 Å². The van der Waals surface area contributed by atoms with Crippen LogP contribution in [0.4, 0.5) is 20.4 Å². The van der Waals surface area contributed by atoms with Gasteiger partial charge in [0.25, 0.3) is 0 Å². The minimum absolute atomic E-state index is 0.0918. The molecule has 0 aliphatic carbocycles. The van der Waals surface area contributed by atoms with Crippen molar-refractivity contribution < 1.29 is 18.4 Å². The number of aromatic nitrogens is 2. The molecule has 2 aliphatic heterocycles. The van der Waals surface area contributed by atoms with Crippen LogP contribution in [0.1, 0.15) is 50.7 Å². The van der Waals surface area contributed by atoms with Crippen molar-refractivity contribution in [3.8, 4) is 0 Å². The zero-order chi connectivity index (χ0) is 29.3. The molecular weight excluding hydrogens is 526 g/mol. The van der Waals surface area contributed by atoms with E-state index in [4.69, 9.17) is 5.73 Å². The molecule has 2 aliphatic rings. The first-order valence-corrected chi connectivity index (χ1v) is 14.2. The second-order valence-corrected chi connectivity index (χ2v) is 12.1. The third kappa shape index (κ3) is 6.27. The van der Waals surface area contributed by atoms with Gasteiger partial charge in [0.15, 0.2) is 0 Å². The summed E-state index contributed by atoms with van der Waals surface area (Å²) in [5, 5.41) is 3.00. The molecule has 3 heterocycles. The van der Waals surface area contributed by atoms with Crippen molar-refractivity contribution in [2.45, 2.75) is 51.6 Å². The van der Waals surface area contributed by atoms with Gasteiger partial charge in [0.2, 0.25) is 17.8 Å². The minimum atomic E-state index is -0.641. The van der Waals surface area contributed by atoms with Crippen molar-refractivity contribution in [3.63, 3.8) is 0 Å². The van der Waals surface area contributed by atoms with Gasteiger partial charge in [-0.05, 0) is 56.9 Å². The second kappa shape index (κ2) is 11.6. The lowest BCUT2D eigenvalue weighted by Gasteiger charge is -2.33. The highest BCUT2D eigenvalue weighted by Gasteiger charge is 2.43. The van der Waals surface area contributed by atoms with Crippen molar-refractivity contribution in [2.75, 3.05) is 36.4 Å². The SMILES string of the molecule is CC(C)(C)N1C[C@@H](C(=O)Nc2nccn2Cc2ccccc2N2CCC(C(N)=O)CC2)[C@H](c2ccc(F)cc2F)C1. The van der Waals surface area contributed by atoms with Gasteiger partial charge in [0.1, 0.15) is 11.6 Å². The zero-order valence-corrected chi connectivity index (χ0v) is 23.8. The Morgan fingerprint density at radius 2 is 1.80 bits per heavy atom. The standard InChI is InChI=1S/C31H38F2N6O2/c1-31(2,3)39-18-24(23-9-8-22(32)16-26(23)33)25(19-39)29(41)36-30-35-12-15-38(30)17-21-6-4-5-7-27(21)37-13-10-20(11-14-37)28(34)40/h4-9,12,15-16,20,24-25H,10-11,13-14,17-19H2,1-3H3,(H2,34,40)(H,35,36,41)/t24-,25+/m0/s1. The highest BCUT2D eigenvalue weighted by molar-refractivity contribution is 5.92. The summed E-state index contributed by atoms with van der Waals surface area (Å²) >= 11 is 0. The number of halogens is 2. The number of anilines is 2. The Morgan fingerprint density at radius 1 is 1.07 bits per heavy atom. The molecule has 41 heavy (non-hydrogen) atoms. The van der Waals surface area contributed by atoms with E-state index in [0.717, 1.165) is 43.2 Å². The molecule has 0 bridgehead atoms. The van der Waals surface area contributed by atoms with Crippen molar-refractivity contribution in [1.82, 2.24) is 14.5 Å². The van der Waals surface area contributed by atoms with E-state index < -0.39 is 23.5 Å². The summed E-state index contributed by atoms with van der Waals surface area (Å²) in [6.07, 6.45) is 4.90. The first kappa shape index (κ1) is 28.7. The summed E-state index contributed by atoms with van der Waals surface area (Å²) in [4.78, 5) is 34.2. The number of hydrogen-bond donors (Lipinski definition) is 2. The molecule has 2 saturated heterocycles. The number of nitrogens with two attached hydrogens (primary N) is 1. The van der Waals surface area contributed by atoms with Crippen LogP contribution in [-0.2, 0) is 16.1 Å². The topological polar surface area (TPSA) is 96.5 Å². The Bertz CT molecular complexity index is 1410. The van der Waals surface area contributed by atoms with Crippen LogP contribution in [0.25, 0.3) is 0 Å². The molecule has 3 aromatic rings. The van der Waals surface area contributed by atoms with Crippen LogP contribution in [0.2, 0.25) is 0 Å². The molecule has 1 aromatic heterocycles. The number of imidazole rings is 1. The number of hydrogen-bond acceptors (Lipinski definition) is 5. The summed E-state index contributed by atoms with van der Waals surface area (Å²) in [5.74, 6) is -2.43. The fourth-order valence-corrected chi connectivity index (χ4v) is 6.04. The Balaban J connectivity index is 1.34. The van der Waals surface area contributed by atoms with E-state index in [9.17, 15) is 18.4 Å². The molecule has 0 radical (unpaired) electrons. The van der Waals surface area contributed by atoms with Gasteiger partial charge >= 0.3 is 0 Å². The average molecular weight is 565 g/mol. The fraction of sp³-hybridized carbons (Fsp3) is 0.452. The van der Waals surface area contributed by atoms with Gasteiger partial charge in [-0.15, -0.1) is 0 Å². The number of likely N-dealkylation sites (tertiary alicyclic amines) is 1. The zero-order valence-electron chi connectivity index (χ0n) is 23.8. The summed E-state index contributed by atoms with van der Waals surface area (Å²) in [6, 6.07) is 11.7. The molecule has 0 unspecified atom stereocenters. The van der Waals surface area contributed by atoms with E-state index in [1.807, 2.05) is 29.0 Å². The van der Waals surface area contributed by atoms with E-state index in [1.165, 1.54) is 12.1 Å². The molecule has 3 N–H and O–H groups in total. The van der Waals surface area contributed by atoms with Gasteiger partial charge < -0.3 is 15.2 Å². The van der Waals surface area contributed by atoms with Crippen LogP contribution >= 0.6 is 0 Å². The van der Waals surface area contributed by atoms with E-state index >= 15 is 0 Å². The van der Waals surface area contributed by atoms with Crippen LogP contribution < -0.4 is 16.0 Å². The third-order valence-corrected chi connectivity index (χ3v) is 8.49. The lowest BCUT2D eigenvalue weighted by atomic mass is 9.88. The monoisotopic (exact) mass is 564 g/mol. The molecule has 2 fully saturated rings. The van der Waals surface area contributed by atoms with Gasteiger partial charge in [-0.1, -0.05) is 24.3 Å². The Hall–Kier alpha value is -3.79. The minimum Gasteiger partial charge on any atom is -0.371 e. The van der Waals surface area contributed by atoms with Crippen molar-refractivity contribution in [3.05, 3.63) is 77.6 Å². The largest absolute Gasteiger partial charge is 0.371 e. The molecule has 2 atom stereocenters. The summed E-state index contributed by atoms with van der Waals surface area (Å²) in [6.45, 7) is 9.08. The van der Waals surface area contributed by atoms with Crippen molar-refractivity contribution >= 4 is 23.5 Å². The number of rotatable bonds is 7. The van der Waals surface area contributed by atoms with Crippen LogP contribution in [0.3, 0.4) is 0 Å². The number of piperidine rings is 1. The summed E-state index contributed by atoms with van der Waals surface area (Å²) in [7, 11) is 0. The quantitative estimate of drug-likeness (QED) is 0.445. The number of primary amides is 1. The number of carbonyl (C=O) groups is 2. The van der Waals surface area contributed by atoms with Gasteiger partial charge in [0.05, 0.1) is 12.5 Å². The highest BCUT2D eigenvalue weighted by Crippen LogP contribution is 2.38. The molecule has 2 amide bonds. The van der Waals surface area contributed by atoms with Crippen LogP contribution in [-0.4, -0.2) is 58.0 Å². The van der Waals surface area contributed by atoms with Crippen LogP contribution in [0.5, 0.6) is 0 Å². The predicted molar refractivity (Wildman–Crippen MR) is 154 cm³/mol. The first-order chi connectivity index (χ1) is 19.5. The van der Waals surface area contributed by atoms with Gasteiger partial charge in [-0.3, -0.25) is 19.8 Å². The van der Waals surface area contributed by atoms with E-state index in [1.54, 1.807) is 6.20 Å². The number of carbonyl (C=O) groups excluding carboxylic acids is 2. The maximum atomic E-state index is 14.9. The second-order valence-electron chi connectivity index (χ2n) is 12.1. The molecule has 5 rings (SSSR count). The average Bonchev–Trinajstić information content (AvgIpc) is 3.56. The highest BCUT2D eigenvalue weighted by atomic mass is 19.1. The number of nitrogens with zero attached hydrogens (tertiary/aromatic N) is 4. The summed E-state index contributed by atoms with van der Waals surface area (Å²) in [5.41, 5.74) is 7.77. The maximum Gasteiger partial charge on any atom is 0.231 e. The number of amides is 2. The molecule has 10 heteroatoms. The smallest absolute Gasteiger partial charge is 0.231 e. The van der Waals surface area contributed by atoms with Crippen LogP contribution in [0.15, 0.2) is 54.9 Å². The number of para-hydroxylation sites is 1. The van der Waals surface area contributed by atoms with Gasteiger partial charge in [-0.25, -0.2) is 13.8 Å². The lowest BCUT2D eigenvalue weighted by Crippen LogP contribution is -2.40. The summed E-state index contributed by atoms with van der Waals surface area (Å²) < 4.78 is 30.4. The molecule has 0 saturated carbocycles. The van der Waals surface area contributed by atoms with Gasteiger partial charge in [0, 0.05) is 67.7 Å². The van der Waals surface area contributed by atoms with Crippen LogP contribution in [0, 0.1) is 23.5 Å².